The van der Waals surface area contributed by atoms with Crippen molar-refractivity contribution in [2.45, 2.75) is 17.2 Å². The fourth-order valence-corrected chi connectivity index (χ4v) is 3.89. The number of aromatic nitrogens is 2. The first kappa shape index (κ1) is 18.4. The number of anilines is 1. The molecule has 0 spiro atoms. The van der Waals surface area contributed by atoms with Gasteiger partial charge >= 0.3 is 0 Å². The highest BCUT2D eigenvalue weighted by Gasteiger charge is 2.31. The van der Waals surface area contributed by atoms with Crippen LogP contribution in [0.1, 0.15) is 23.6 Å². The van der Waals surface area contributed by atoms with E-state index in [0.29, 0.717) is 23.7 Å². The van der Waals surface area contributed by atoms with Crippen molar-refractivity contribution in [1.29, 1.82) is 0 Å². The van der Waals surface area contributed by atoms with E-state index in [1.165, 1.54) is 4.90 Å². The second-order valence-electron chi connectivity index (χ2n) is 6.46. The van der Waals surface area contributed by atoms with Crippen LogP contribution >= 0.6 is 11.8 Å². The van der Waals surface area contributed by atoms with Crippen molar-refractivity contribution in [3.05, 3.63) is 60.0 Å². The molecule has 144 valence electrons. The number of rotatable bonds is 5. The van der Waals surface area contributed by atoms with E-state index < -0.39 is 0 Å². The molecule has 0 aliphatic carbocycles. The highest BCUT2D eigenvalue weighted by molar-refractivity contribution is 7.98. The number of imidazole rings is 1. The van der Waals surface area contributed by atoms with Gasteiger partial charge < -0.3 is 14.8 Å². The van der Waals surface area contributed by atoms with Crippen molar-refractivity contribution in [1.82, 2.24) is 9.55 Å². The van der Waals surface area contributed by atoms with Gasteiger partial charge in [0.2, 0.25) is 5.91 Å². The molecule has 0 saturated carbocycles. The second-order valence-corrected chi connectivity index (χ2v) is 7.34. The Morgan fingerprint density at radius 1 is 1.14 bits per heavy atom. The first-order chi connectivity index (χ1) is 13.6. The summed E-state index contributed by atoms with van der Waals surface area (Å²) >= 11 is 1.70. The summed E-state index contributed by atoms with van der Waals surface area (Å²) in [4.78, 5) is 18.3. The van der Waals surface area contributed by atoms with Gasteiger partial charge in [0.1, 0.15) is 23.6 Å². The molecular weight excluding hydrogens is 374 g/mol. The summed E-state index contributed by atoms with van der Waals surface area (Å²) in [6.07, 6.45) is 4.15. The Kier molecular flexibility index (Phi) is 5.00. The molecule has 3 aromatic rings. The van der Waals surface area contributed by atoms with Crippen molar-refractivity contribution in [3.8, 4) is 17.2 Å². The van der Waals surface area contributed by atoms with E-state index in [-0.39, 0.29) is 11.8 Å². The molecule has 0 saturated heterocycles. The van der Waals surface area contributed by atoms with Crippen molar-refractivity contribution >= 4 is 23.5 Å². The van der Waals surface area contributed by atoms with Crippen LogP contribution < -0.4 is 14.8 Å². The summed E-state index contributed by atoms with van der Waals surface area (Å²) in [5.41, 5.74) is 2.73. The molecule has 1 aromatic heterocycles. The van der Waals surface area contributed by atoms with Gasteiger partial charge in [-0.05, 0) is 36.1 Å². The normalized spacial score (nSPS) is 15.7. The second kappa shape index (κ2) is 7.59. The highest BCUT2D eigenvalue weighted by atomic mass is 32.2. The average Bonchev–Trinajstić information content (AvgIpc) is 3.16. The lowest BCUT2D eigenvalue weighted by atomic mass is 9.90. The van der Waals surface area contributed by atoms with Gasteiger partial charge in [0.05, 0.1) is 25.6 Å². The summed E-state index contributed by atoms with van der Waals surface area (Å²) < 4.78 is 12.7. The van der Waals surface area contributed by atoms with Gasteiger partial charge in [-0.2, -0.15) is 0 Å². The lowest BCUT2D eigenvalue weighted by Gasteiger charge is -2.24. The van der Waals surface area contributed by atoms with Crippen LogP contribution in [0.25, 0.3) is 5.69 Å². The SMILES string of the molecule is COc1ccc(-n2cnc3c2NC(=O)C[C@@H]3c2ccc(SC)cc2)c(OC)c1. The van der Waals surface area contributed by atoms with E-state index in [1.807, 2.05) is 29.0 Å². The van der Waals surface area contributed by atoms with Crippen LogP contribution in [0.3, 0.4) is 0 Å². The smallest absolute Gasteiger partial charge is 0.226 e. The third kappa shape index (κ3) is 3.22. The Labute approximate surface area is 167 Å². The summed E-state index contributed by atoms with van der Waals surface area (Å²) in [6.45, 7) is 0. The zero-order valence-corrected chi connectivity index (χ0v) is 16.7. The fraction of sp³-hybridized carbons (Fsp3) is 0.238. The molecule has 1 N–H and O–H groups in total. The number of nitrogens with one attached hydrogen (secondary N) is 1. The molecule has 2 heterocycles. The molecule has 0 bridgehead atoms. The third-order valence-corrected chi connectivity index (χ3v) is 5.68. The van der Waals surface area contributed by atoms with Crippen LogP contribution in [0.4, 0.5) is 5.82 Å². The molecule has 28 heavy (non-hydrogen) atoms. The first-order valence-electron chi connectivity index (χ1n) is 8.88. The van der Waals surface area contributed by atoms with E-state index in [0.717, 1.165) is 16.9 Å². The van der Waals surface area contributed by atoms with Crippen LogP contribution in [0.15, 0.2) is 53.7 Å². The number of hydrogen-bond acceptors (Lipinski definition) is 5. The van der Waals surface area contributed by atoms with Crippen LogP contribution in [0.5, 0.6) is 11.5 Å². The first-order valence-corrected chi connectivity index (χ1v) is 10.1. The lowest BCUT2D eigenvalue weighted by Crippen LogP contribution is -2.25. The summed E-state index contributed by atoms with van der Waals surface area (Å²) in [6, 6.07) is 13.9. The molecule has 1 amide bonds. The van der Waals surface area contributed by atoms with E-state index >= 15 is 0 Å². The molecule has 1 aliphatic heterocycles. The van der Waals surface area contributed by atoms with Gasteiger partial charge in [0.25, 0.3) is 0 Å². The van der Waals surface area contributed by atoms with Crippen LogP contribution in [-0.2, 0) is 4.79 Å². The number of nitrogens with zero attached hydrogens (tertiary/aromatic N) is 2. The Morgan fingerprint density at radius 2 is 1.93 bits per heavy atom. The number of fused-ring (bicyclic) bond motifs is 1. The van der Waals surface area contributed by atoms with Crippen LogP contribution in [-0.4, -0.2) is 35.9 Å². The number of carbonyl (C=O) groups is 1. The van der Waals surface area contributed by atoms with Gasteiger partial charge in [0.15, 0.2) is 0 Å². The molecule has 0 fully saturated rings. The molecule has 2 aromatic carbocycles. The Balaban J connectivity index is 1.78. The highest BCUT2D eigenvalue weighted by Crippen LogP contribution is 2.39. The number of hydrogen-bond donors (Lipinski definition) is 1. The van der Waals surface area contributed by atoms with E-state index in [4.69, 9.17) is 9.47 Å². The molecule has 0 unspecified atom stereocenters. The summed E-state index contributed by atoms with van der Waals surface area (Å²) in [5, 5.41) is 2.98. The molecule has 1 aliphatic rings. The van der Waals surface area contributed by atoms with Crippen molar-refractivity contribution in [2.24, 2.45) is 0 Å². The van der Waals surface area contributed by atoms with E-state index in [9.17, 15) is 4.79 Å². The van der Waals surface area contributed by atoms with Gasteiger partial charge in [-0.15, -0.1) is 11.8 Å². The number of benzene rings is 2. The van der Waals surface area contributed by atoms with Gasteiger partial charge in [-0.25, -0.2) is 4.98 Å². The largest absolute Gasteiger partial charge is 0.497 e. The van der Waals surface area contributed by atoms with Crippen LogP contribution in [0.2, 0.25) is 0 Å². The van der Waals surface area contributed by atoms with Gasteiger partial charge in [-0.3, -0.25) is 9.36 Å². The summed E-state index contributed by atoms with van der Waals surface area (Å²) in [5.74, 6) is 1.91. The minimum absolute atomic E-state index is 0.0272. The number of ether oxygens (including phenoxy) is 2. The molecule has 6 nitrogen and oxygen atoms in total. The predicted molar refractivity (Wildman–Crippen MR) is 110 cm³/mol. The molecule has 7 heteroatoms. The Bertz CT molecular complexity index is 1010. The van der Waals surface area contributed by atoms with Gasteiger partial charge in [0, 0.05) is 23.3 Å². The maximum absolute atomic E-state index is 12.5. The Hall–Kier alpha value is -2.93. The third-order valence-electron chi connectivity index (χ3n) is 4.94. The zero-order chi connectivity index (χ0) is 19.7. The van der Waals surface area contributed by atoms with Crippen LogP contribution in [0, 0.1) is 0 Å². The molecular formula is C21H21N3O3S. The standard InChI is InChI=1S/C21H21N3O3S/c1-26-14-6-9-17(18(10-14)27-2)24-12-22-20-16(11-19(25)23-21(20)24)13-4-7-15(28-3)8-5-13/h4-10,12,16H,11H2,1-3H3,(H,23,25)/t16-/m1/s1. The molecule has 4 rings (SSSR count). The minimum Gasteiger partial charge on any atom is -0.497 e. The Morgan fingerprint density at radius 3 is 2.61 bits per heavy atom. The van der Waals surface area contributed by atoms with Gasteiger partial charge in [-0.1, -0.05) is 12.1 Å². The quantitative estimate of drug-likeness (QED) is 0.660. The maximum atomic E-state index is 12.5. The predicted octanol–water partition coefficient (Wildman–Crippen LogP) is 4.09. The van der Waals surface area contributed by atoms with E-state index in [1.54, 1.807) is 32.3 Å². The number of thioether (sulfide) groups is 1. The minimum atomic E-state index is -0.0786. The van der Waals surface area contributed by atoms with Crippen molar-refractivity contribution in [3.63, 3.8) is 0 Å². The summed E-state index contributed by atoms with van der Waals surface area (Å²) in [7, 11) is 3.22. The number of methoxy groups -OCH3 is 2. The number of carbonyl (C=O) groups excluding carboxylic acids is 1. The molecule has 1 atom stereocenters. The topological polar surface area (TPSA) is 65.4 Å². The average molecular weight is 395 g/mol. The van der Waals surface area contributed by atoms with Crippen molar-refractivity contribution < 1.29 is 14.3 Å². The van der Waals surface area contributed by atoms with Crippen molar-refractivity contribution in [2.75, 3.05) is 25.8 Å². The maximum Gasteiger partial charge on any atom is 0.226 e. The molecule has 0 radical (unpaired) electrons. The fourth-order valence-electron chi connectivity index (χ4n) is 3.49. The lowest BCUT2D eigenvalue weighted by molar-refractivity contribution is -0.116. The zero-order valence-electron chi connectivity index (χ0n) is 15.9. The number of amides is 1. The monoisotopic (exact) mass is 395 g/mol. The van der Waals surface area contributed by atoms with E-state index in [2.05, 4.69) is 34.6 Å².